The number of pyridine rings is 1. The lowest BCUT2D eigenvalue weighted by molar-refractivity contribution is 0.148. The molecule has 0 spiro atoms. The normalized spacial score (nSPS) is 16.0. The van der Waals surface area contributed by atoms with Gasteiger partial charge in [0.05, 0.1) is 18.3 Å². The number of hydrogen-bond acceptors (Lipinski definition) is 6. The Morgan fingerprint density at radius 3 is 2.67 bits per heavy atom. The minimum absolute atomic E-state index is 0.0985. The molecule has 1 saturated heterocycles. The molecule has 2 aliphatic rings. The van der Waals surface area contributed by atoms with Crippen LogP contribution in [0.5, 0.6) is 17.4 Å². The number of fused-ring (bicyclic) bond motifs is 2. The Balaban J connectivity index is 1.14. The van der Waals surface area contributed by atoms with Crippen LogP contribution in [0.25, 0.3) is 10.9 Å². The van der Waals surface area contributed by atoms with E-state index in [2.05, 4.69) is 27.3 Å². The summed E-state index contributed by atoms with van der Waals surface area (Å²) in [7, 11) is 1.59. The minimum Gasteiger partial charge on any atom is -0.486 e. The lowest BCUT2D eigenvalue weighted by Gasteiger charge is -2.34. The Kier molecular flexibility index (Phi) is 6.17. The summed E-state index contributed by atoms with van der Waals surface area (Å²) >= 11 is 0. The number of methoxy groups -OCH3 is 1. The predicted octanol–water partition coefficient (Wildman–Crippen LogP) is 3.41. The van der Waals surface area contributed by atoms with Crippen molar-refractivity contribution >= 4 is 22.6 Å². The van der Waals surface area contributed by atoms with Crippen LogP contribution in [0.15, 0.2) is 48.5 Å². The van der Waals surface area contributed by atoms with Crippen LogP contribution >= 0.6 is 0 Å². The number of benzene rings is 2. The second-order valence-corrected chi connectivity index (χ2v) is 8.22. The Morgan fingerprint density at radius 2 is 1.85 bits per heavy atom. The lowest BCUT2D eigenvalue weighted by Crippen LogP contribution is -2.50. The molecule has 8 nitrogen and oxygen atoms in total. The van der Waals surface area contributed by atoms with Crippen LogP contribution in [-0.2, 0) is 6.42 Å². The van der Waals surface area contributed by atoms with Crippen molar-refractivity contribution in [3.05, 3.63) is 54.1 Å². The first-order chi connectivity index (χ1) is 16.2. The first kappa shape index (κ1) is 21.3. The van der Waals surface area contributed by atoms with E-state index in [4.69, 9.17) is 14.2 Å². The third kappa shape index (κ3) is 4.80. The smallest absolute Gasteiger partial charge is 0.321 e. The highest BCUT2D eigenvalue weighted by atomic mass is 16.6. The van der Waals surface area contributed by atoms with Crippen molar-refractivity contribution < 1.29 is 19.0 Å². The number of carbonyl (C=O) groups is 1. The number of anilines is 1. The average Bonchev–Trinajstić information content (AvgIpc) is 2.87. The van der Waals surface area contributed by atoms with E-state index < -0.39 is 0 Å². The SMILES string of the molecule is COc1ccc2cccc(NC(=O)N3CCN(CCc4ccc5c(c4)OCCO5)CC3)c2n1. The Labute approximate surface area is 193 Å². The fourth-order valence-corrected chi connectivity index (χ4v) is 4.24. The molecule has 1 fully saturated rings. The van der Waals surface area contributed by atoms with E-state index in [1.807, 2.05) is 41.3 Å². The largest absolute Gasteiger partial charge is 0.486 e. The summed E-state index contributed by atoms with van der Waals surface area (Å²) in [6, 6.07) is 15.6. The van der Waals surface area contributed by atoms with Gasteiger partial charge in [-0.1, -0.05) is 18.2 Å². The van der Waals surface area contributed by atoms with Gasteiger partial charge >= 0.3 is 6.03 Å². The van der Waals surface area contributed by atoms with Gasteiger partial charge in [0.25, 0.3) is 0 Å². The molecule has 0 aliphatic carbocycles. The van der Waals surface area contributed by atoms with Gasteiger partial charge in [0.15, 0.2) is 11.5 Å². The lowest BCUT2D eigenvalue weighted by atomic mass is 10.1. The number of amides is 2. The third-order valence-electron chi connectivity index (χ3n) is 6.13. The molecule has 0 saturated carbocycles. The number of ether oxygens (including phenoxy) is 3. The highest BCUT2D eigenvalue weighted by molar-refractivity contribution is 5.99. The molecule has 2 amide bonds. The van der Waals surface area contributed by atoms with Gasteiger partial charge in [0.1, 0.15) is 13.2 Å². The van der Waals surface area contributed by atoms with Crippen LogP contribution in [0, 0.1) is 0 Å². The molecule has 1 aromatic heterocycles. The van der Waals surface area contributed by atoms with E-state index >= 15 is 0 Å². The van der Waals surface area contributed by atoms with Gasteiger partial charge in [-0.2, -0.15) is 0 Å². The molecule has 0 bridgehead atoms. The summed E-state index contributed by atoms with van der Waals surface area (Å²) in [5.41, 5.74) is 2.65. The Morgan fingerprint density at radius 1 is 1.03 bits per heavy atom. The fraction of sp³-hybridized carbons (Fsp3) is 0.360. The van der Waals surface area contributed by atoms with E-state index in [1.54, 1.807) is 7.11 Å². The van der Waals surface area contributed by atoms with Crippen molar-refractivity contribution in [1.82, 2.24) is 14.8 Å². The molecule has 0 radical (unpaired) electrons. The number of para-hydroxylation sites is 1. The maximum absolute atomic E-state index is 12.9. The maximum Gasteiger partial charge on any atom is 0.321 e. The van der Waals surface area contributed by atoms with Gasteiger partial charge < -0.3 is 24.4 Å². The van der Waals surface area contributed by atoms with E-state index in [9.17, 15) is 4.79 Å². The monoisotopic (exact) mass is 448 g/mol. The Hall–Kier alpha value is -3.52. The van der Waals surface area contributed by atoms with Crippen molar-refractivity contribution in [2.24, 2.45) is 0 Å². The maximum atomic E-state index is 12.9. The van der Waals surface area contributed by atoms with Gasteiger partial charge in [0, 0.05) is 44.2 Å². The van der Waals surface area contributed by atoms with Crippen molar-refractivity contribution in [3.63, 3.8) is 0 Å². The van der Waals surface area contributed by atoms with Crippen LogP contribution in [0.3, 0.4) is 0 Å². The highest BCUT2D eigenvalue weighted by Crippen LogP contribution is 2.31. The highest BCUT2D eigenvalue weighted by Gasteiger charge is 2.22. The van der Waals surface area contributed by atoms with Crippen LogP contribution < -0.4 is 19.5 Å². The number of nitrogens with one attached hydrogen (secondary N) is 1. The van der Waals surface area contributed by atoms with E-state index in [-0.39, 0.29) is 6.03 Å². The van der Waals surface area contributed by atoms with Gasteiger partial charge in [-0.25, -0.2) is 9.78 Å². The van der Waals surface area contributed by atoms with Gasteiger partial charge in [-0.3, -0.25) is 4.90 Å². The molecule has 8 heteroatoms. The zero-order valence-corrected chi connectivity index (χ0v) is 18.8. The first-order valence-electron chi connectivity index (χ1n) is 11.3. The molecule has 3 heterocycles. The van der Waals surface area contributed by atoms with Gasteiger partial charge in [-0.05, 0) is 36.2 Å². The number of rotatable bonds is 5. The summed E-state index contributed by atoms with van der Waals surface area (Å²) in [6.45, 7) is 5.22. The van der Waals surface area contributed by atoms with Crippen LogP contribution in [0.2, 0.25) is 0 Å². The molecule has 3 aromatic rings. The molecule has 5 rings (SSSR count). The van der Waals surface area contributed by atoms with E-state index in [0.29, 0.717) is 37.9 Å². The summed E-state index contributed by atoms with van der Waals surface area (Å²) in [5.74, 6) is 2.18. The van der Waals surface area contributed by atoms with Crippen molar-refractivity contribution in [2.45, 2.75) is 6.42 Å². The van der Waals surface area contributed by atoms with Gasteiger partial charge in [-0.15, -0.1) is 0 Å². The molecular formula is C25H28N4O4. The minimum atomic E-state index is -0.0985. The van der Waals surface area contributed by atoms with Crippen LogP contribution in [-0.4, -0.2) is 73.9 Å². The number of nitrogens with zero attached hydrogens (tertiary/aromatic N) is 3. The van der Waals surface area contributed by atoms with Gasteiger partial charge in [0.2, 0.25) is 5.88 Å². The number of hydrogen-bond donors (Lipinski definition) is 1. The third-order valence-corrected chi connectivity index (χ3v) is 6.13. The van der Waals surface area contributed by atoms with Crippen molar-refractivity contribution in [3.8, 4) is 17.4 Å². The molecule has 1 N–H and O–H groups in total. The standard InChI is InChI=1S/C25H28N4O4/c1-31-23-8-6-19-3-2-4-20(24(19)27-23)26-25(30)29-13-11-28(12-14-29)10-9-18-5-7-21-22(17-18)33-16-15-32-21/h2-8,17H,9-16H2,1H3,(H,26,30). The second-order valence-electron chi connectivity index (χ2n) is 8.22. The number of carbonyl (C=O) groups excluding carboxylic acids is 1. The zero-order chi connectivity index (χ0) is 22.6. The van der Waals surface area contributed by atoms with Crippen molar-refractivity contribution in [1.29, 1.82) is 0 Å². The van der Waals surface area contributed by atoms with E-state index in [1.165, 1.54) is 5.56 Å². The molecule has 0 atom stereocenters. The molecule has 2 aromatic carbocycles. The summed E-state index contributed by atoms with van der Waals surface area (Å²) in [5, 5.41) is 3.99. The zero-order valence-electron chi connectivity index (χ0n) is 18.8. The fourth-order valence-electron chi connectivity index (χ4n) is 4.24. The average molecular weight is 449 g/mol. The predicted molar refractivity (Wildman–Crippen MR) is 126 cm³/mol. The number of urea groups is 1. The second kappa shape index (κ2) is 9.54. The summed E-state index contributed by atoms with van der Waals surface area (Å²) in [4.78, 5) is 21.7. The van der Waals surface area contributed by atoms with Crippen LogP contribution in [0.1, 0.15) is 5.56 Å². The van der Waals surface area contributed by atoms with Crippen LogP contribution in [0.4, 0.5) is 10.5 Å². The molecule has 33 heavy (non-hydrogen) atoms. The van der Waals surface area contributed by atoms with Crippen molar-refractivity contribution in [2.75, 3.05) is 58.4 Å². The van der Waals surface area contributed by atoms with E-state index in [0.717, 1.165) is 48.5 Å². The topological polar surface area (TPSA) is 76.2 Å². The molecule has 172 valence electrons. The summed E-state index contributed by atoms with van der Waals surface area (Å²) < 4.78 is 16.5. The number of aromatic nitrogens is 1. The summed E-state index contributed by atoms with van der Waals surface area (Å²) in [6.07, 6.45) is 0.937. The first-order valence-corrected chi connectivity index (χ1v) is 11.3. The Bertz CT molecular complexity index is 1140. The molecule has 0 unspecified atom stereocenters. The molecule has 2 aliphatic heterocycles. The quantitative estimate of drug-likeness (QED) is 0.645. The molecular weight excluding hydrogens is 420 g/mol. The number of piperazine rings is 1.